The Labute approximate surface area is 161 Å². The van der Waals surface area contributed by atoms with E-state index in [9.17, 15) is 14.4 Å². The van der Waals surface area contributed by atoms with Gasteiger partial charge in [0.2, 0.25) is 5.91 Å². The maximum absolute atomic E-state index is 13.3. The second kappa shape index (κ2) is 6.99. The minimum atomic E-state index is -0.747. The van der Waals surface area contributed by atoms with Crippen LogP contribution in [0.25, 0.3) is 16.6 Å². The molecule has 0 spiro atoms. The summed E-state index contributed by atoms with van der Waals surface area (Å²) in [7, 11) is 1.55. The summed E-state index contributed by atoms with van der Waals surface area (Å²) in [6.07, 6.45) is 1.92. The molecule has 1 heterocycles. The van der Waals surface area contributed by atoms with Gasteiger partial charge in [0.25, 0.3) is 5.56 Å². The van der Waals surface area contributed by atoms with E-state index in [2.05, 4.69) is 5.32 Å². The van der Waals surface area contributed by atoms with Crippen LogP contribution in [0.2, 0.25) is 0 Å². The monoisotopic (exact) mass is 379 g/mol. The third kappa shape index (κ3) is 3.09. The number of methoxy groups -OCH3 is 1. The lowest BCUT2D eigenvalue weighted by Gasteiger charge is -2.19. The van der Waals surface area contributed by atoms with E-state index in [-0.39, 0.29) is 11.9 Å². The maximum atomic E-state index is 13.3. The number of hydrogen-bond acceptors (Lipinski definition) is 4. The van der Waals surface area contributed by atoms with Gasteiger partial charge in [-0.05, 0) is 56.2 Å². The Morgan fingerprint density at radius 2 is 1.79 bits per heavy atom. The second-order valence-electron chi connectivity index (χ2n) is 6.97. The SMILES string of the molecule is COc1ccc(-n2c(=O)c3ccccc3n(C(C)C(=O)NC3CC3)c2=O)cc1. The van der Waals surface area contributed by atoms with Gasteiger partial charge in [-0.15, -0.1) is 0 Å². The van der Waals surface area contributed by atoms with E-state index < -0.39 is 17.3 Å². The topological polar surface area (TPSA) is 82.3 Å². The molecular formula is C21H21N3O4. The van der Waals surface area contributed by atoms with Crippen LogP contribution in [0.15, 0.2) is 58.1 Å². The molecule has 1 atom stereocenters. The molecule has 2 aromatic carbocycles. The summed E-state index contributed by atoms with van der Waals surface area (Å²) in [6, 6.07) is 13.0. The number of ether oxygens (including phenoxy) is 1. The Hall–Kier alpha value is -3.35. The van der Waals surface area contributed by atoms with Gasteiger partial charge in [0.05, 0.1) is 23.7 Å². The van der Waals surface area contributed by atoms with Gasteiger partial charge in [0.15, 0.2) is 0 Å². The predicted molar refractivity (Wildman–Crippen MR) is 106 cm³/mol. The maximum Gasteiger partial charge on any atom is 0.336 e. The largest absolute Gasteiger partial charge is 0.497 e. The van der Waals surface area contributed by atoms with E-state index in [1.165, 1.54) is 4.57 Å². The molecule has 4 rings (SSSR count). The predicted octanol–water partition coefficient (Wildman–Crippen LogP) is 2.00. The van der Waals surface area contributed by atoms with Gasteiger partial charge in [-0.3, -0.25) is 14.2 Å². The van der Waals surface area contributed by atoms with Gasteiger partial charge < -0.3 is 10.1 Å². The van der Waals surface area contributed by atoms with Crippen LogP contribution in [0.5, 0.6) is 5.75 Å². The number of aromatic nitrogens is 2. The summed E-state index contributed by atoms with van der Waals surface area (Å²) in [6.45, 7) is 1.67. The fourth-order valence-electron chi connectivity index (χ4n) is 3.28. The van der Waals surface area contributed by atoms with Crippen molar-refractivity contribution in [3.8, 4) is 11.4 Å². The van der Waals surface area contributed by atoms with E-state index in [0.717, 1.165) is 17.4 Å². The molecule has 1 N–H and O–H groups in total. The van der Waals surface area contributed by atoms with E-state index in [1.54, 1.807) is 62.6 Å². The van der Waals surface area contributed by atoms with E-state index in [1.807, 2.05) is 0 Å². The van der Waals surface area contributed by atoms with Crippen LogP contribution in [0, 0.1) is 0 Å². The first-order valence-electron chi connectivity index (χ1n) is 9.22. The molecule has 1 fully saturated rings. The fourth-order valence-corrected chi connectivity index (χ4v) is 3.28. The smallest absolute Gasteiger partial charge is 0.336 e. The summed E-state index contributed by atoms with van der Waals surface area (Å²) in [4.78, 5) is 39.0. The van der Waals surface area contributed by atoms with Crippen LogP contribution in [-0.2, 0) is 4.79 Å². The average molecular weight is 379 g/mol. The second-order valence-corrected chi connectivity index (χ2v) is 6.97. The number of fused-ring (bicyclic) bond motifs is 1. The molecule has 1 aliphatic carbocycles. The molecule has 0 bridgehead atoms. The van der Waals surface area contributed by atoms with Gasteiger partial charge in [-0.25, -0.2) is 9.36 Å². The minimum absolute atomic E-state index is 0.185. The standard InChI is InChI=1S/C21H21N3O4/c1-13(19(25)22-14-7-8-14)23-18-6-4-3-5-17(18)20(26)24(21(23)27)15-9-11-16(28-2)12-10-15/h3-6,9-14H,7-8H2,1-2H3,(H,22,25). The van der Waals surface area contributed by atoms with Crippen LogP contribution < -0.4 is 21.3 Å². The molecule has 7 heteroatoms. The molecule has 0 aliphatic heterocycles. The number of rotatable bonds is 5. The highest BCUT2D eigenvalue weighted by Gasteiger charge is 2.28. The van der Waals surface area contributed by atoms with Crippen molar-refractivity contribution in [1.29, 1.82) is 0 Å². The number of amides is 1. The average Bonchev–Trinajstić information content (AvgIpc) is 3.52. The van der Waals surface area contributed by atoms with Crippen LogP contribution in [-0.4, -0.2) is 28.2 Å². The van der Waals surface area contributed by atoms with Gasteiger partial charge in [0.1, 0.15) is 11.8 Å². The Balaban J connectivity index is 1.94. The number of carbonyl (C=O) groups excluding carboxylic acids is 1. The Morgan fingerprint density at radius 3 is 2.43 bits per heavy atom. The van der Waals surface area contributed by atoms with Crippen LogP contribution in [0.3, 0.4) is 0 Å². The molecular weight excluding hydrogens is 358 g/mol. The van der Waals surface area contributed by atoms with E-state index in [4.69, 9.17) is 4.74 Å². The van der Waals surface area contributed by atoms with Crippen molar-refractivity contribution in [3.05, 3.63) is 69.4 Å². The molecule has 28 heavy (non-hydrogen) atoms. The molecule has 1 aromatic heterocycles. The summed E-state index contributed by atoms with van der Waals surface area (Å²) in [5.74, 6) is 0.393. The fraction of sp³-hybridized carbons (Fsp3) is 0.286. The molecule has 7 nitrogen and oxygen atoms in total. The van der Waals surface area contributed by atoms with Gasteiger partial charge >= 0.3 is 5.69 Å². The first-order valence-corrected chi connectivity index (χ1v) is 9.22. The van der Waals surface area contributed by atoms with Crippen molar-refractivity contribution in [1.82, 2.24) is 14.5 Å². The highest BCUT2D eigenvalue weighted by molar-refractivity contribution is 5.84. The van der Waals surface area contributed by atoms with Crippen LogP contribution in [0.1, 0.15) is 25.8 Å². The van der Waals surface area contributed by atoms with E-state index in [0.29, 0.717) is 22.3 Å². The lowest BCUT2D eigenvalue weighted by molar-refractivity contribution is -0.124. The number of nitrogens with zero attached hydrogens (tertiary/aromatic N) is 2. The Morgan fingerprint density at radius 1 is 1.11 bits per heavy atom. The van der Waals surface area contributed by atoms with Crippen molar-refractivity contribution in [2.45, 2.75) is 31.8 Å². The van der Waals surface area contributed by atoms with Gasteiger partial charge in [0, 0.05) is 6.04 Å². The molecule has 0 saturated heterocycles. The molecule has 1 saturated carbocycles. The summed E-state index contributed by atoms with van der Waals surface area (Å²) >= 11 is 0. The zero-order chi connectivity index (χ0) is 19.8. The zero-order valence-electron chi connectivity index (χ0n) is 15.7. The lowest BCUT2D eigenvalue weighted by Crippen LogP contribution is -2.44. The number of para-hydroxylation sites is 1. The lowest BCUT2D eigenvalue weighted by atomic mass is 10.2. The van der Waals surface area contributed by atoms with Crippen LogP contribution in [0.4, 0.5) is 0 Å². The van der Waals surface area contributed by atoms with Crippen molar-refractivity contribution >= 4 is 16.8 Å². The van der Waals surface area contributed by atoms with Crippen LogP contribution >= 0.6 is 0 Å². The van der Waals surface area contributed by atoms with Gasteiger partial charge in [-0.2, -0.15) is 0 Å². The first-order chi connectivity index (χ1) is 13.5. The van der Waals surface area contributed by atoms with E-state index >= 15 is 0 Å². The molecule has 1 amide bonds. The molecule has 0 radical (unpaired) electrons. The number of benzene rings is 2. The quantitative estimate of drug-likeness (QED) is 0.735. The van der Waals surface area contributed by atoms with Crippen molar-refractivity contribution in [3.63, 3.8) is 0 Å². The van der Waals surface area contributed by atoms with Crippen molar-refractivity contribution < 1.29 is 9.53 Å². The highest BCUT2D eigenvalue weighted by atomic mass is 16.5. The zero-order valence-corrected chi connectivity index (χ0v) is 15.7. The summed E-state index contributed by atoms with van der Waals surface area (Å²) < 4.78 is 7.64. The summed E-state index contributed by atoms with van der Waals surface area (Å²) in [5.41, 5.74) is -0.102. The third-order valence-corrected chi connectivity index (χ3v) is 5.02. The number of hydrogen-bond donors (Lipinski definition) is 1. The molecule has 1 aliphatic rings. The Bertz CT molecular complexity index is 1160. The highest BCUT2D eigenvalue weighted by Crippen LogP contribution is 2.21. The Kier molecular flexibility index (Phi) is 4.50. The normalized spacial score (nSPS) is 14.6. The third-order valence-electron chi connectivity index (χ3n) is 5.02. The van der Waals surface area contributed by atoms with Gasteiger partial charge in [-0.1, -0.05) is 12.1 Å². The summed E-state index contributed by atoms with van der Waals surface area (Å²) in [5, 5.41) is 3.31. The molecule has 1 unspecified atom stereocenters. The molecule has 144 valence electrons. The van der Waals surface area contributed by atoms with Crippen molar-refractivity contribution in [2.24, 2.45) is 0 Å². The minimum Gasteiger partial charge on any atom is -0.497 e. The number of nitrogens with one attached hydrogen (secondary N) is 1. The van der Waals surface area contributed by atoms with Crippen molar-refractivity contribution in [2.75, 3.05) is 7.11 Å². The first kappa shape index (κ1) is 18.0. The molecule has 3 aromatic rings. The number of carbonyl (C=O) groups is 1.